The van der Waals surface area contributed by atoms with Gasteiger partial charge in [0, 0.05) is 30.7 Å². The Hall–Kier alpha value is -1.97. The molecule has 1 aromatic carbocycles. The number of allylic oxidation sites excluding steroid dienone is 1. The van der Waals surface area contributed by atoms with Gasteiger partial charge in [0.1, 0.15) is 0 Å². The molecular formula is C18H25N3O. The van der Waals surface area contributed by atoms with Gasteiger partial charge in [-0.1, -0.05) is 5.57 Å². The molecule has 4 nitrogen and oxygen atoms in total. The van der Waals surface area contributed by atoms with Gasteiger partial charge in [-0.3, -0.25) is 0 Å². The molecule has 118 valence electrons. The van der Waals surface area contributed by atoms with Crippen LogP contribution in [0, 0.1) is 5.92 Å². The number of nitrogens with zero attached hydrogens (tertiary/aromatic N) is 1. The smallest absolute Gasteiger partial charge is 0.323 e. The highest BCUT2D eigenvalue weighted by atomic mass is 16.2. The molecule has 1 saturated carbocycles. The summed E-state index contributed by atoms with van der Waals surface area (Å²) in [6, 6.07) is 7.95. The average molecular weight is 299 g/mol. The fourth-order valence-corrected chi connectivity index (χ4v) is 2.91. The molecule has 0 radical (unpaired) electrons. The Kier molecular flexibility index (Phi) is 4.66. The standard InChI is InChI=1S/C18H25N3O/c1-14(15-5-6-15)13-19-18(22)20-16-7-9-17(10-8-16)21-11-3-2-4-12-21/h7-10,13,15H,2-6,11-12H2,1H3,(H2,19,20,22)/b14-13+. The monoisotopic (exact) mass is 299 g/mol. The Morgan fingerprint density at radius 3 is 2.45 bits per heavy atom. The summed E-state index contributed by atoms with van der Waals surface area (Å²) in [5, 5.41) is 5.68. The number of hydrogen-bond donors (Lipinski definition) is 2. The van der Waals surface area contributed by atoms with Crippen molar-refractivity contribution in [3.05, 3.63) is 36.0 Å². The first kappa shape index (κ1) is 14.9. The van der Waals surface area contributed by atoms with Gasteiger partial charge < -0.3 is 15.5 Å². The fourth-order valence-electron chi connectivity index (χ4n) is 2.91. The summed E-state index contributed by atoms with van der Waals surface area (Å²) in [6.45, 7) is 4.35. The van der Waals surface area contributed by atoms with Gasteiger partial charge in [-0.2, -0.15) is 0 Å². The third-order valence-corrected chi connectivity index (χ3v) is 4.50. The topological polar surface area (TPSA) is 44.4 Å². The average Bonchev–Trinajstić information content (AvgIpc) is 3.39. The molecule has 0 spiro atoms. The number of urea groups is 1. The molecule has 0 bridgehead atoms. The Labute approximate surface area is 132 Å². The number of benzene rings is 1. The van der Waals surface area contributed by atoms with Crippen molar-refractivity contribution in [1.29, 1.82) is 0 Å². The van der Waals surface area contributed by atoms with Gasteiger partial charge in [0.15, 0.2) is 0 Å². The number of rotatable bonds is 4. The van der Waals surface area contributed by atoms with E-state index in [1.165, 1.54) is 43.4 Å². The quantitative estimate of drug-likeness (QED) is 0.878. The number of carbonyl (C=O) groups excluding carboxylic acids is 1. The Morgan fingerprint density at radius 1 is 1.14 bits per heavy atom. The molecule has 2 fully saturated rings. The number of piperidine rings is 1. The van der Waals surface area contributed by atoms with E-state index in [1.54, 1.807) is 0 Å². The summed E-state index contributed by atoms with van der Waals surface area (Å²) < 4.78 is 0. The molecule has 22 heavy (non-hydrogen) atoms. The lowest BCUT2D eigenvalue weighted by molar-refractivity contribution is 0.255. The molecule has 1 aliphatic heterocycles. The van der Waals surface area contributed by atoms with Gasteiger partial charge in [0.2, 0.25) is 0 Å². The van der Waals surface area contributed by atoms with Crippen LogP contribution in [0.3, 0.4) is 0 Å². The molecule has 0 atom stereocenters. The molecule has 1 aliphatic carbocycles. The van der Waals surface area contributed by atoms with Gasteiger partial charge in [-0.05, 0) is 69.2 Å². The van der Waals surface area contributed by atoms with Crippen molar-refractivity contribution in [2.24, 2.45) is 5.92 Å². The van der Waals surface area contributed by atoms with Crippen LogP contribution < -0.4 is 15.5 Å². The highest BCUT2D eigenvalue weighted by Gasteiger charge is 2.22. The molecule has 2 aliphatic rings. The molecule has 0 aromatic heterocycles. The van der Waals surface area contributed by atoms with Crippen LogP contribution in [0.15, 0.2) is 36.0 Å². The van der Waals surface area contributed by atoms with E-state index in [9.17, 15) is 4.79 Å². The second-order valence-electron chi connectivity index (χ2n) is 6.36. The van der Waals surface area contributed by atoms with Crippen LogP contribution in [0.4, 0.5) is 16.2 Å². The van der Waals surface area contributed by atoms with E-state index < -0.39 is 0 Å². The van der Waals surface area contributed by atoms with Crippen molar-refractivity contribution >= 4 is 17.4 Å². The minimum atomic E-state index is -0.175. The van der Waals surface area contributed by atoms with E-state index in [-0.39, 0.29) is 6.03 Å². The van der Waals surface area contributed by atoms with E-state index >= 15 is 0 Å². The van der Waals surface area contributed by atoms with Crippen LogP contribution in [-0.4, -0.2) is 19.1 Å². The van der Waals surface area contributed by atoms with Crippen molar-refractivity contribution in [3.8, 4) is 0 Å². The number of carbonyl (C=O) groups is 1. The largest absolute Gasteiger partial charge is 0.372 e. The Balaban J connectivity index is 1.51. The molecule has 0 unspecified atom stereocenters. The lowest BCUT2D eigenvalue weighted by Crippen LogP contribution is -2.29. The lowest BCUT2D eigenvalue weighted by Gasteiger charge is -2.28. The maximum atomic E-state index is 11.9. The zero-order valence-electron chi connectivity index (χ0n) is 13.3. The maximum Gasteiger partial charge on any atom is 0.323 e. The minimum absolute atomic E-state index is 0.175. The molecule has 4 heteroatoms. The predicted molar refractivity (Wildman–Crippen MR) is 91.1 cm³/mol. The first-order valence-corrected chi connectivity index (χ1v) is 8.31. The molecular weight excluding hydrogens is 274 g/mol. The predicted octanol–water partition coefficient (Wildman–Crippen LogP) is 4.11. The zero-order chi connectivity index (χ0) is 15.4. The second kappa shape index (κ2) is 6.86. The van der Waals surface area contributed by atoms with E-state index in [0.717, 1.165) is 18.8 Å². The molecule has 2 amide bonds. The lowest BCUT2D eigenvalue weighted by atomic mass is 10.1. The van der Waals surface area contributed by atoms with Crippen molar-refractivity contribution in [2.45, 2.75) is 39.0 Å². The summed E-state index contributed by atoms with van der Waals surface area (Å²) in [5.74, 6) is 0.684. The first-order valence-electron chi connectivity index (χ1n) is 8.31. The third kappa shape index (κ3) is 4.03. The Morgan fingerprint density at radius 2 is 1.82 bits per heavy atom. The van der Waals surface area contributed by atoms with Crippen LogP contribution in [0.5, 0.6) is 0 Å². The van der Waals surface area contributed by atoms with Gasteiger partial charge in [-0.25, -0.2) is 4.79 Å². The van der Waals surface area contributed by atoms with Gasteiger partial charge in [-0.15, -0.1) is 0 Å². The number of anilines is 2. The summed E-state index contributed by atoms with van der Waals surface area (Å²) >= 11 is 0. The summed E-state index contributed by atoms with van der Waals surface area (Å²) in [4.78, 5) is 14.3. The van der Waals surface area contributed by atoms with Gasteiger partial charge >= 0.3 is 6.03 Å². The zero-order valence-corrected chi connectivity index (χ0v) is 13.3. The van der Waals surface area contributed by atoms with Crippen molar-refractivity contribution in [3.63, 3.8) is 0 Å². The highest BCUT2D eigenvalue weighted by Crippen LogP contribution is 2.35. The number of hydrogen-bond acceptors (Lipinski definition) is 2. The molecule has 1 heterocycles. The summed E-state index contributed by atoms with van der Waals surface area (Å²) in [5.41, 5.74) is 3.33. The molecule has 1 aromatic rings. The second-order valence-corrected chi connectivity index (χ2v) is 6.36. The molecule has 3 rings (SSSR count). The van der Waals surface area contributed by atoms with Crippen molar-refractivity contribution in [1.82, 2.24) is 5.32 Å². The first-order chi connectivity index (χ1) is 10.7. The van der Waals surface area contributed by atoms with Crippen LogP contribution in [0.1, 0.15) is 39.0 Å². The van der Waals surface area contributed by atoms with Crippen molar-refractivity contribution in [2.75, 3.05) is 23.3 Å². The fraction of sp³-hybridized carbons (Fsp3) is 0.500. The van der Waals surface area contributed by atoms with E-state index in [2.05, 4.69) is 34.6 Å². The number of nitrogens with one attached hydrogen (secondary N) is 2. The minimum Gasteiger partial charge on any atom is -0.372 e. The Bertz CT molecular complexity index is 540. The van der Waals surface area contributed by atoms with Crippen molar-refractivity contribution < 1.29 is 4.79 Å². The van der Waals surface area contributed by atoms with Crippen LogP contribution in [-0.2, 0) is 0 Å². The normalized spacial score (nSPS) is 19.0. The van der Waals surface area contributed by atoms with E-state index in [4.69, 9.17) is 0 Å². The van der Waals surface area contributed by atoms with Crippen LogP contribution in [0.25, 0.3) is 0 Å². The van der Waals surface area contributed by atoms with Crippen LogP contribution >= 0.6 is 0 Å². The van der Waals surface area contributed by atoms with Crippen LogP contribution in [0.2, 0.25) is 0 Å². The molecule has 1 saturated heterocycles. The SMILES string of the molecule is C/C(=C\NC(=O)Nc1ccc(N2CCCCC2)cc1)C1CC1. The van der Waals surface area contributed by atoms with E-state index in [0.29, 0.717) is 5.92 Å². The van der Waals surface area contributed by atoms with Gasteiger partial charge in [0.05, 0.1) is 0 Å². The number of amides is 2. The van der Waals surface area contributed by atoms with E-state index in [1.807, 2.05) is 18.3 Å². The summed E-state index contributed by atoms with van der Waals surface area (Å²) in [6.07, 6.45) is 8.22. The highest BCUT2D eigenvalue weighted by molar-refractivity contribution is 5.90. The van der Waals surface area contributed by atoms with Gasteiger partial charge in [0.25, 0.3) is 0 Å². The molecule has 2 N–H and O–H groups in total. The summed E-state index contributed by atoms with van der Waals surface area (Å²) in [7, 11) is 0. The maximum absolute atomic E-state index is 11.9. The third-order valence-electron chi connectivity index (χ3n) is 4.50.